The topological polar surface area (TPSA) is 44.7 Å². The summed E-state index contributed by atoms with van der Waals surface area (Å²) in [5.74, 6) is 0.442. The van der Waals surface area contributed by atoms with Crippen LogP contribution < -0.4 is 10.2 Å². The number of aliphatic hydroxyl groups is 1. The molecule has 2 fully saturated rings. The van der Waals surface area contributed by atoms with Crippen molar-refractivity contribution in [2.24, 2.45) is 5.92 Å². The van der Waals surface area contributed by atoms with Crippen molar-refractivity contribution >= 4 is 5.69 Å². The van der Waals surface area contributed by atoms with E-state index in [1.807, 2.05) is 0 Å². The fourth-order valence-electron chi connectivity index (χ4n) is 3.42. The van der Waals surface area contributed by atoms with Crippen molar-refractivity contribution < 1.29 is 9.84 Å². The maximum atomic E-state index is 9.36. The molecule has 2 atom stereocenters. The molecule has 2 aliphatic rings. The quantitative estimate of drug-likeness (QED) is 0.867. The van der Waals surface area contributed by atoms with Gasteiger partial charge in [0.15, 0.2) is 0 Å². The molecule has 0 radical (unpaired) electrons. The van der Waals surface area contributed by atoms with Crippen molar-refractivity contribution in [2.75, 3.05) is 37.8 Å². The molecule has 1 aromatic rings. The van der Waals surface area contributed by atoms with Crippen LogP contribution >= 0.6 is 0 Å². The highest BCUT2D eigenvalue weighted by molar-refractivity contribution is 5.47. The molecule has 0 bridgehead atoms. The molecule has 1 saturated carbocycles. The average molecular weight is 290 g/mol. The Morgan fingerprint density at radius 2 is 1.90 bits per heavy atom. The zero-order valence-corrected chi connectivity index (χ0v) is 12.6. The molecule has 4 heteroatoms. The molecule has 2 unspecified atom stereocenters. The van der Waals surface area contributed by atoms with Gasteiger partial charge in [0.1, 0.15) is 0 Å². The molecular weight excluding hydrogens is 264 g/mol. The largest absolute Gasteiger partial charge is 0.396 e. The van der Waals surface area contributed by atoms with Crippen LogP contribution in [0.4, 0.5) is 5.69 Å². The van der Waals surface area contributed by atoms with Gasteiger partial charge in [-0.3, -0.25) is 0 Å². The van der Waals surface area contributed by atoms with E-state index in [1.165, 1.54) is 24.1 Å². The molecule has 1 aromatic carbocycles. The maximum absolute atomic E-state index is 9.36. The van der Waals surface area contributed by atoms with Gasteiger partial charge in [-0.2, -0.15) is 0 Å². The van der Waals surface area contributed by atoms with Gasteiger partial charge < -0.3 is 20.1 Å². The third kappa shape index (κ3) is 3.76. The van der Waals surface area contributed by atoms with Gasteiger partial charge in [-0.1, -0.05) is 18.6 Å². The van der Waals surface area contributed by atoms with Crippen molar-refractivity contribution in [1.82, 2.24) is 5.32 Å². The van der Waals surface area contributed by atoms with Crippen molar-refractivity contribution in [2.45, 2.75) is 31.8 Å². The zero-order chi connectivity index (χ0) is 14.5. The second kappa shape index (κ2) is 7.25. The van der Waals surface area contributed by atoms with Gasteiger partial charge in [0.2, 0.25) is 0 Å². The van der Waals surface area contributed by atoms with Crippen molar-refractivity contribution in [3.63, 3.8) is 0 Å². The summed E-state index contributed by atoms with van der Waals surface area (Å²) >= 11 is 0. The monoisotopic (exact) mass is 290 g/mol. The first-order chi connectivity index (χ1) is 10.4. The Kier molecular flexibility index (Phi) is 5.12. The van der Waals surface area contributed by atoms with E-state index >= 15 is 0 Å². The van der Waals surface area contributed by atoms with E-state index < -0.39 is 0 Å². The van der Waals surface area contributed by atoms with Crippen LogP contribution in [0.1, 0.15) is 24.8 Å². The lowest BCUT2D eigenvalue weighted by atomic mass is 10.0. The van der Waals surface area contributed by atoms with E-state index in [-0.39, 0.29) is 0 Å². The molecule has 2 N–H and O–H groups in total. The summed E-state index contributed by atoms with van der Waals surface area (Å²) in [4.78, 5) is 2.37. The highest BCUT2D eigenvalue weighted by atomic mass is 16.5. The van der Waals surface area contributed by atoms with Crippen LogP contribution in [-0.4, -0.2) is 44.1 Å². The summed E-state index contributed by atoms with van der Waals surface area (Å²) in [5, 5.41) is 13.0. The Balaban J connectivity index is 1.52. The van der Waals surface area contributed by atoms with Crippen LogP contribution in [0.3, 0.4) is 0 Å². The first-order valence-corrected chi connectivity index (χ1v) is 8.12. The molecule has 0 amide bonds. The van der Waals surface area contributed by atoms with E-state index in [9.17, 15) is 5.11 Å². The molecule has 4 nitrogen and oxygen atoms in total. The molecular formula is C17H26N2O2. The lowest BCUT2D eigenvalue weighted by Gasteiger charge is -2.29. The molecule has 0 aromatic heterocycles. The lowest BCUT2D eigenvalue weighted by Crippen LogP contribution is -2.36. The normalized spacial score (nSPS) is 26.2. The summed E-state index contributed by atoms with van der Waals surface area (Å²) in [6.07, 6.45) is 3.58. The predicted molar refractivity (Wildman–Crippen MR) is 84.5 cm³/mol. The third-order valence-electron chi connectivity index (χ3n) is 4.77. The molecule has 1 heterocycles. The minimum Gasteiger partial charge on any atom is -0.396 e. The molecule has 1 aliphatic heterocycles. The molecule has 116 valence electrons. The number of anilines is 1. The van der Waals surface area contributed by atoms with Crippen molar-refractivity contribution in [3.05, 3.63) is 29.8 Å². The minimum absolute atomic E-state index is 0.313. The standard InChI is InChI=1S/C17H26N2O2/c20-13-15-2-1-3-17(15)18-12-14-4-6-16(7-5-14)19-8-10-21-11-9-19/h4-7,15,17-18,20H,1-3,8-13H2. The first kappa shape index (κ1) is 14.8. The van der Waals surface area contributed by atoms with Gasteiger partial charge in [0.05, 0.1) is 13.2 Å². The fourth-order valence-corrected chi connectivity index (χ4v) is 3.42. The number of aliphatic hydroxyl groups excluding tert-OH is 1. The van der Waals surface area contributed by atoms with Gasteiger partial charge in [-0.05, 0) is 36.5 Å². The van der Waals surface area contributed by atoms with E-state index in [1.54, 1.807) is 0 Å². The van der Waals surface area contributed by atoms with Crippen LogP contribution in [0.25, 0.3) is 0 Å². The van der Waals surface area contributed by atoms with Gasteiger partial charge in [-0.15, -0.1) is 0 Å². The highest BCUT2D eigenvalue weighted by Gasteiger charge is 2.25. The van der Waals surface area contributed by atoms with Crippen molar-refractivity contribution in [3.8, 4) is 0 Å². The van der Waals surface area contributed by atoms with E-state index in [4.69, 9.17) is 4.74 Å². The summed E-state index contributed by atoms with van der Waals surface area (Å²) in [6.45, 7) is 4.83. The Bertz CT molecular complexity index is 429. The summed E-state index contributed by atoms with van der Waals surface area (Å²) in [7, 11) is 0. The van der Waals surface area contributed by atoms with Crippen LogP contribution in [0.5, 0.6) is 0 Å². The minimum atomic E-state index is 0.313. The maximum Gasteiger partial charge on any atom is 0.0642 e. The van der Waals surface area contributed by atoms with Crippen molar-refractivity contribution in [1.29, 1.82) is 0 Å². The molecule has 1 aliphatic carbocycles. The molecule has 1 saturated heterocycles. The Labute approximate surface area is 127 Å². The van der Waals surface area contributed by atoms with Crippen LogP contribution in [0, 0.1) is 5.92 Å². The zero-order valence-electron chi connectivity index (χ0n) is 12.6. The second-order valence-corrected chi connectivity index (χ2v) is 6.13. The first-order valence-electron chi connectivity index (χ1n) is 8.12. The summed E-state index contributed by atoms with van der Waals surface area (Å²) in [5.41, 5.74) is 2.60. The Morgan fingerprint density at radius 1 is 1.14 bits per heavy atom. The number of rotatable bonds is 5. The Morgan fingerprint density at radius 3 is 2.62 bits per heavy atom. The number of benzene rings is 1. The average Bonchev–Trinajstić information content (AvgIpc) is 3.02. The number of ether oxygens (including phenoxy) is 1. The predicted octanol–water partition coefficient (Wildman–Crippen LogP) is 1.77. The van der Waals surface area contributed by atoms with E-state index in [2.05, 4.69) is 34.5 Å². The smallest absolute Gasteiger partial charge is 0.0642 e. The number of nitrogens with zero attached hydrogens (tertiary/aromatic N) is 1. The number of hydrogen-bond donors (Lipinski definition) is 2. The van der Waals surface area contributed by atoms with Crippen LogP contribution in [0.2, 0.25) is 0 Å². The summed E-state index contributed by atoms with van der Waals surface area (Å²) < 4.78 is 5.39. The summed E-state index contributed by atoms with van der Waals surface area (Å²) in [6, 6.07) is 9.32. The fraction of sp³-hybridized carbons (Fsp3) is 0.647. The number of nitrogens with one attached hydrogen (secondary N) is 1. The second-order valence-electron chi connectivity index (χ2n) is 6.13. The van der Waals surface area contributed by atoms with E-state index in [0.717, 1.165) is 39.3 Å². The van der Waals surface area contributed by atoms with Gasteiger partial charge in [0.25, 0.3) is 0 Å². The van der Waals surface area contributed by atoms with Crippen LogP contribution in [0.15, 0.2) is 24.3 Å². The third-order valence-corrected chi connectivity index (χ3v) is 4.77. The molecule has 0 spiro atoms. The number of morpholine rings is 1. The molecule has 21 heavy (non-hydrogen) atoms. The SMILES string of the molecule is OCC1CCCC1NCc1ccc(N2CCOCC2)cc1. The van der Waals surface area contributed by atoms with Gasteiger partial charge >= 0.3 is 0 Å². The Hall–Kier alpha value is -1.10. The lowest BCUT2D eigenvalue weighted by molar-refractivity contribution is 0.122. The molecule has 3 rings (SSSR count). The van der Waals surface area contributed by atoms with Crippen LogP contribution in [-0.2, 0) is 11.3 Å². The van der Waals surface area contributed by atoms with Gasteiger partial charge in [0, 0.05) is 38.0 Å². The number of hydrogen-bond acceptors (Lipinski definition) is 4. The highest BCUT2D eigenvalue weighted by Crippen LogP contribution is 2.25. The van der Waals surface area contributed by atoms with Gasteiger partial charge in [-0.25, -0.2) is 0 Å². The van der Waals surface area contributed by atoms with E-state index in [0.29, 0.717) is 18.6 Å².